The number of ether oxygens (including phenoxy) is 2. The van der Waals surface area contributed by atoms with Gasteiger partial charge in [0.25, 0.3) is 17.7 Å². The number of imide groups is 1. The van der Waals surface area contributed by atoms with Gasteiger partial charge in [-0.1, -0.05) is 6.92 Å². The number of hydrogen-bond donors (Lipinski definition) is 1. The minimum atomic E-state index is -1.17. The van der Waals surface area contributed by atoms with E-state index in [1.54, 1.807) is 25.1 Å². The number of carbonyl (C=O) groups is 5. The Morgan fingerprint density at radius 2 is 1.40 bits per heavy atom. The molecule has 0 radical (unpaired) electrons. The molecule has 2 N–H and O–H groups in total. The highest BCUT2D eigenvalue weighted by molar-refractivity contribution is 6.23. The fourth-order valence-electron chi connectivity index (χ4n) is 8.38. The van der Waals surface area contributed by atoms with E-state index < -0.39 is 23.8 Å². The van der Waals surface area contributed by atoms with Crippen molar-refractivity contribution in [2.45, 2.75) is 109 Å². The number of amides is 4. The molecule has 1 atom stereocenters. The molecule has 4 amide bonds. The first-order chi connectivity index (χ1) is 26.5. The van der Waals surface area contributed by atoms with Crippen LogP contribution >= 0.6 is 0 Å². The number of aryl methyl sites for hydroxylation is 1. The first kappa shape index (κ1) is 37.8. The fraction of sp³-hybridized carbons (Fsp3) is 0.442. The van der Waals surface area contributed by atoms with Crippen molar-refractivity contribution in [1.82, 2.24) is 14.7 Å². The number of likely N-dealkylation sites (tertiary alicyclic amines) is 1. The predicted molar refractivity (Wildman–Crippen MR) is 202 cm³/mol. The molecule has 1 unspecified atom stereocenters. The Labute approximate surface area is 321 Å². The standard InChI is InChI=1S/C43H47N5O7/c1-3-32(49)7-15-39(40(45)50)48-42(52)37-21-29-24-47(25-30(29)22-38(37)43(48)53)31-16-18-46(19-17-31)41(51)27-4-8-33(9-5-27)54-34-11-13-35(14-12-34)55-36-10-6-28(23-44)26(2)20-36/h4-6,8-10,20-22,31,34-35,39H,3,7,11-19,24-25H2,1-2H3,(H2,45,50)/t34-,35-,39?. The van der Waals surface area contributed by atoms with Gasteiger partial charge >= 0.3 is 0 Å². The highest BCUT2D eigenvalue weighted by atomic mass is 16.5. The molecular formula is C43H47N5O7. The number of nitriles is 1. The van der Waals surface area contributed by atoms with Crippen LogP contribution in [-0.2, 0) is 22.7 Å². The molecule has 0 spiro atoms. The Morgan fingerprint density at radius 3 is 1.93 bits per heavy atom. The molecule has 1 saturated heterocycles. The summed E-state index contributed by atoms with van der Waals surface area (Å²) in [7, 11) is 0. The third-order valence-electron chi connectivity index (χ3n) is 11.6. The average molecular weight is 746 g/mol. The van der Waals surface area contributed by atoms with Crippen LogP contribution in [0.2, 0.25) is 0 Å². The average Bonchev–Trinajstić information content (AvgIpc) is 3.72. The van der Waals surface area contributed by atoms with Crippen LogP contribution in [0.15, 0.2) is 54.6 Å². The van der Waals surface area contributed by atoms with Crippen LogP contribution in [-0.4, -0.2) is 81.5 Å². The van der Waals surface area contributed by atoms with E-state index in [-0.39, 0.29) is 53.9 Å². The number of nitrogens with zero attached hydrogens (tertiary/aromatic N) is 4. The molecule has 0 bridgehead atoms. The SMILES string of the molecule is CCC(=O)CCC(C(N)=O)N1C(=O)c2cc3c(cc2C1=O)CN(C1CCN(C(=O)c2ccc(O[C@H]4CC[C@H](Oc5ccc(C#N)c(C)c5)CC4)cc2)CC1)C3. The number of carbonyl (C=O) groups excluding carboxylic acids is 5. The summed E-state index contributed by atoms with van der Waals surface area (Å²) < 4.78 is 12.5. The normalized spacial score (nSPS) is 20.5. The molecule has 286 valence electrons. The Kier molecular flexibility index (Phi) is 11.0. The Morgan fingerprint density at radius 1 is 0.836 bits per heavy atom. The van der Waals surface area contributed by atoms with Gasteiger partial charge in [-0.15, -0.1) is 0 Å². The molecule has 1 saturated carbocycles. The maximum Gasteiger partial charge on any atom is 0.262 e. The van der Waals surface area contributed by atoms with Gasteiger partial charge in [-0.25, -0.2) is 0 Å². The molecule has 12 heteroatoms. The summed E-state index contributed by atoms with van der Waals surface area (Å²) in [4.78, 5) is 69.6. The van der Waals surface area contributed by atoms with E-state index in [4.69, 9.17) is 15.2 Å². The highest BCUT2D eigenvalue weighted by Gasteiger charge is 2.43. The fourth-order valence-corrected chi connectivity index (χ4v) is 8.38. The third-order valence-corrected chi connectivity index (χ3v) is 11.6. The Balaban J connectivity index is 0.875. The van der Waals surface area contributed by atoms with Gasteiger partial charge in [-0.2, -0.15) is 5.26 Å². The summed E-state index contributed by atoms with van der Waals surface area (Å²) in [6.07, 6.45) is 5.69. The van der Waals surface area contributed by atoms with Crippen molar-refractivity contribution < 1.29 is 33.4 Å². The molecule has 7 rings (SSSR count). The largest absolute Gasteiger partial charge is 0.490 e. The number of fused-ring (bicyclic) bond motifs is 2. The van der Waals surface area contributed by atoms with E-state index in [9.17, 15) is 29.2 Å². The lowest BCUT2D eigenvalue weighted by Gasteiger charge is -2.36. The molecule has 3 aromatic rings. The minimum Gasteiger partial charge on any atom is -0.490 e. The van der Waals surface area contributed by atoms with E-state index in [1.807, 2.05) is 48.2 Å². The molecule has 3 heterocycles. The Bertz CT molecular complexity index is 2000. The van der Waals surface area contributed by atoms with Crippen molar-refractivity contribution in [2.24, 2.45) is 5.73 Å². The molecule has 3 aromatic carbocycles. The van der Waals surface area contributed by atoms with Crippen LogP contribution in [0.3, 0.4) is 0 Å². The first-order valence-corrected chi connectivity index (χ1v) is 19.3. The van der Waals surface area contributed by atoms with Gasteiger partial charge in [0.05, 0.1) is 35.0 Å². The van der Waals surface area contributed by atoms with Crippen molar-refractivity contribution in [2.75, 3.05) is 13.1 Å². The van der Waals surface area contributed by atoms with Crippen LogP contribution in [0.1, 0.15) is 118 Å². The van der Waals surface area contributed by atoms with Gasteiger partial charge in [-0.05, 0) is 123 Å². The van der Waals surface area contributed by atoms with Crippen LogP contribution < -0.4 is 15.2 Å². The third kappa shape index (κ3) is 7.98. The monoisotopic (exact) mass is 745 g/mol. The van der Waals surface area contributed by atoms with Crippen LogP contribution in [0.4, 0.5) is 0 Å². The summed E-state index contributed by atoms with van der Waals surface area (Å²) in [5.74, 6) is -0.439. The molecule has 55 heavy (non-hydrogen) atoms. The zero-order valence-corrected chi connectivity index (χ0v) is 31.4. The summed E-state index contributed by atoms with van der Waals surface area (Å²) in [6, 6.07) is 17.8. The molecule has 12 nitrogen and oxygen atoms in total. The minimum absolute atomic E-state index is 0.00302. The van der Waals surface area contributed by atoms with Crippen molar-refractivity contribution in [1.29, 1.82) is 5.26 Å². The molecule has 3 aliphatic heterocycles. The smallest absolute Gasteiger partial charge is 0.262 e. The second-order valence-electron chi connectivity index (χ2n) is 15.2. The van der Waals surface area contributed by atoms with E-state index >= 15 is 0 Å². The molecule has 4 aliphatic rings. The lowest BCUT2D eigenvalue weighted by Crippen LogP contribution is -2.48. The number of benzene rings is 3. The number of piperidine rings is 1. The lowest BCUT2D eigenvalue weighted by molar-refractivity contribution is -0.123. The zero-order valence-electron chi connectivity index (χ0n) is 31.4. The summed E-state index contributed by atoms with van der Waals surface area (Å²) in [5, 5.41) is 9.17. The summed E-state index contributed by atoms with van der Waals surface area (Å²) >= 11 is 0. The maximum atomic E-state index is 13.5. The molecular weight excluding hydrogens is 699 g/mol. The first-order valence-electron chi connectivity index (χ1n) is 19.3. The van der Waals surface area contributed by atoms with Crippen LogP contribution in [0.25, 0.3) is 0 Å². The van der Waals surface area contributed by atoms with Gasteiger partial charge in [0.15, 0.2) is 0 Å². The number of hydrogen-bond acceptors (Lipinski definition) is 9. The zero-order chi connectivity index (χ0) is 38.8. The van der Waals surface area contributed by atoms with Crippen molar-refractivity contribution >= 4 is 29.4 Å². The maximum absolute atomic E-state index is 13.5. The van der Waals surface area contributed by atoms with Gasteiger partial charge in [-0.3, -0.25) is 33.8 Å². The summed E-state index contributed by atoms with van der Waals surface area (Å²) in [6.45, 7) is 6.13. The number of primary amides is 1. The number of rotatable bonds is 12. The summed E-state index contributed by atoms with van der Waals surface area (Å²) in [5.41, 5.74) is 10.3. The van der Waals surface area contributed by atoms with E-state index in [0.717, 1.165) is 71.6 Å². The highest BCUT2D eigenvalue weighted by Crippen LogP contribution is 2.35. The van der Waals surface area contributed by atoms with Crippen LogP contribution in [0.5, 0.6) is 11.5 Å². The van der Waals surface area contributed by atoms with Crippen molar-refractivity contribution in [3.63, 3.8) is 0 Å². The van der Waals surface area contributed by atoms with Crippen LogP contribution in [0, 0.1) is 18.3 Å². The Hall–Kier alpha value is -5.54. The van der Waals surface area contributed by atoms with Gasteiger partial charge < -0.3 is 20.1 Å². The number of ketones is 1. The lowest BCUT2D eigenvalue weighted by atomic mass is 9.94. The molecule has 2 fully saturated rings. The van der Waals surface area contributed by atoms with E-state index in [0.29, 0.717) is 43.7 Å². The van der Waals surface area contributed by atoms with Crippen molar-refractivity contribution in [3.8, 4) is 17.6 Å². The molecule has 0 aromatic heterocycles. The number of Topliss-reactive ketones (excluding diaryl/α,β-unsaturated/α-hetero) is 1. The second-order valence-corrected chi connectivity index (χ2v) is 15.2. The van der Waals surface area contributed by atoms with Gasteiger partial charge in [0, 0.05) is 50.6 Å². The molecule has 1 aliphatic carbocycles. The van der Waals surface area contributed by atoms with Gasteiger partial charge in [0.2, 0.25) is 5.91 Å². The number of nitrogens with two attached hydrogens (primary N) is 1. The van der Waals surface area contributed by atoms with E-state index in [2.05, 4.69) is 11.0 Å². The van der Waals surface area contributed by atoms with E-state index in [1.165, 1.54) is 0 Å². The topological polar surface area (TPSA) is 163 Å². The predicted octanol–water partition coefficient (Wildman–Crippen LogP) is 5.47. The van der Waals surface area contributed by atoms with Gasteiger partial charge in [0.1, 0.15) is 23.3 Å². The quantitative estimate of drug-likeness (QED) is 0.237. The van der Waals surface area contributed by atoms with Crippen molar-refractivity contribution in [3.05, 3.63) is 93.5 Å². The second kappa shape index (κ2) is 16.1.